The standard InChI is InChI=1S/C6H10O2/c1-2-6(8)4-3-5-7/h3-4,7H,2,5H2,1H3/b4-3-. The van der Waals surface area contributed by atoms with Crippen molar-refractivity contribution < 1.29 is 9.90 Å². The maximum absolute atomic E-state index is 10.4. The summed E-state index contributed by atoms with van der Waals surface area (Å²) in [4.78, 5) is 10.4. The van der Waals surface area contributed by atoms with E-state index in [0.29, 0.717) is 6.42 Å². The van der Waals surface area contributed by atoms with Crippen LogP contribution in [0.25, 0.3) is 0 Å². The summed E-state index contributed by atoms with van der Waals surface area (Å²) in [6.07, 6.45) is 3.34. The molecule has 0 saturated carbocycles. The largest absolute Gasteiger partial charge is 0.392 e. The topological polar surface area (TPSA) is 37.3 Å². The first kappa shape index (κ1) is 7.37. The molecule has 0 spiro atoms. The summed E-state index contributed by atoms with van der Waals surface area (Å²) in [6.45, 7) is 1.73. The van der Waals surface area contributed by atoms with Crippen molar-refractivity contribution in [3.8, 4) is 0 Å². The molecular weight excluding hydrogens is 104 g/mol. The Kier molecular flexibility index (Phi) is 4.17. The van der Waals surface area contributed by atoms with Crippen LogP contribution in [0.15, 0.2) is 12.2 Å². The molecule has 0 saturated heterocycles. The van der Waals surface area contributed by atoms with Crippen molar-refractivity contribution in [2.24, 2.45) is 0 Å². The number of hydrogen-bond donors (Lipinski definition) is 1. The van der Waals surface area contributed by atoms with E-state index in [-0.39, 0.29) is 12.4 Å². The maximum Gasteiger partial charge on any atom is 0.155 e. The van der Waals surface area contributed by atoms with Gasteiger partial charge in [0.2, 0.25) is 0 Å². The molecule has 0 fully saturated rings. The smallest absolute Gasteiger partial charge is 0.155 e. The number of hydrogen-bond acceptors (Lipinski definition) is 2. The Morgan fingerprint density at radius 3 is 2.75 bits per heavy atom. The Balaban J connectivity index is 3.37. The molecule has 0 radical (unpaired) electrons. The van der Waals surface area contributed by atoms with Crippen LogP contribution in [0, 0.1) is 0 Å². The second kappa shape index (κ2) is 4.53. The van der Waals surface area contributed by atoms with E-state index >= 15 is 0 Å². The van der Waals surface area contributed by atoms with Crippen LogP contribution in [-0.4, -0.2) is 17.5 Å². The monoisotopic (exact) mass is 114 g/mol. The minimum Gasteiger partial charge on any atom is -0.392 e. The van der Waals surface area contributed by atoms with E-state index in [1.807, 2.05) is 0 Å². The van der Waals surface area contributed by atoms with Crippen LogP contribution in [0.3, 0.4) is 0 Å². The Bertz CT molecular complexity index is 94.7. The van der Waals surface area contributed by atoms with Crippen LogP contribution < -0.4 is 0 Å². The average molecular weight is 114 g/mol. The summed E-state index contributed by atoms with van der Waals surface area (Å²) >= 11 is 0. The van der Waals surface area contributed by atoms with Crippen LogP contribution in [0.1, 0.15) is 13.3 Å². The van der Waals surface area contributed by atoms with Gasteiger partial charge in [-0.3, -0.25) is 4.79 Å². The van der Waals surface area contributed by atoms with E-state index in [9.17, 15) is 4.79 Å². The van der Waals surface area contributed by atoms with E-state index in [1.54, 1.807) is 6.92 Å². The summed E-state index contributed by atoms with van der Waals surface area (Å²) in [5, 5.41) is 8.17. The van der Waals surface area contributed by atoms with Gasteiger partial charge in [-0.1, -0.05) is 13.0 Å². The lowest BCUT2D eigenvalue weighted by molar-refractivity contribution is -0.114. The number of aliphatic hydroxyl groups excluding tert-OH is 1. The second-order valence-corrected chi connectivity index (χ2v) is 1.40. The van der Waals surface area contributed by atoms with Gasteiger partial charge >= 0.3 is 0 Å². The normalized spacial score (nSPS) is 10.2. The summed E-state index contributed by atoms with van der Waals surface area (Å²) in [5.74, 6) is 0.0547. The highest BCUT2D eigenvalue weighted by Crippen LogP contribution is 1.81. The third kappa shape index (κ3) is 3.56. The molecule has 2 heteroatoms. The molecule has 8 heavy (non-hydrogen) atoms. The number of carbonyl (C=O) groups excluding carboxylic acids is 1. The van der Waals surface area contributed by atoms with Crippen LogP contribution in [0.4, 0.5) is 0 Å². The van der Waals surface area contributed by atoms with Crippen LogP contribution in [-0.2, 0) is 4.79 Å². The predicted octanol–water partition coefficient (Wildman–Crippen LogP) is 0.514. The van der Waals surface area contributed by atoms with Crippen molar-refractivity contribution in [3.63, 3.8) is 0 Å². The molecule has 0 aromatic carbocycles. The summed E-state index contributed by atoms with van der Waals surface area (Å²) in [5.41, 5.74) is 0. The van der Waals surface area contributed by atoms with Gasteiger partial charge in [0.1, 0.15) is 0 Å². The highest BCUT2D eigenvalue weighted by Gasteiger charge is 1.85. The molecule has 2 nitrogen and oxygen atoms in total. The quantitative estimate of drug-likeness (QED) is 0.543. The van der Waals surface area contributed by atoms with Gasteiger partial charge < -0.3 is 5.11 Å². The predicted molar refractivity (Wildman–Crippen MR) is 31.5 cm³/mol. The molecule has 0 amide bonds. The van der Waals surface area contributed by atoms with Crippen LogP contribution in [0.5, 0.6) is 0 Å². The molecule has 0 bridgehead atoms. The number of allylic oxidation sites excluding steroid dienone is 1. The number of ketones is 1. The summed E-state index contributed by atoms with van der Waals surface area (Å²) in [7, 11) is 0. The zero-order chi connectivity index (χ0) is 6.41. The number of carbonyl (C=O) groups is 1. The van der Waals surface area contributed by atoms with Crippen molar-refractivity contribution >= 4 is 5.78 Å². The van der Waals surface area contributed by atoms with Crippen LogP contribution in [0.2, 0.25) is 0 Å². The minimum atomic E-state index is -0.0499. The zero-order valence-electron chi connectivity index (χ0n) is 4.92. The van der Waals surface area contributed by atoms with Crippen molar-refractivity contribution in [2.45, 2.75) is 13.3 Å². The fourth-order valence-electron chi connectivity index (χ4n) is 0.302. The fraction of sp³-hybridized carbons (Fsp3) is 0.500. The third-order valence-electron chi connectivity index (χ3n) is 0.758. The van der Waals surface area contributed by atoms with Crippen LogP contribution >= 0.6 is 0 Å². The molecule has 46 valence electrons. The molecule has 0 aromatic rings. The molecular formula is C6H10O2. The minimum absolute atomic E-state index is 0.0499. The van der Waals surface area contributed by atoms with Gasteiger partial charge in [-0.2, -0.15) is 0 Å². The highest BCUT2D eigenvalue weighted by atomic mass is 16.2. The Hall–Kier alpha value is -0.630. The van der Waals surface area contributed by atoms with Gasteiger partial charge in [-0.05, 0) is 6.08 Å². The lowest BCUT2D eigenvalue weighted by Crippen LogP contribution is -1.87. The van der Waals surface area contributed by atoms with Gasteiger partial charge in [0.15, 0.2) is 5.78 Å². The van der Waals surface area contributed by atoms with E-state index in [0.717, 1.165) is 0 Å². The average Bonchev–Trinajstić information content (AvgIpc) is 1.83. The van der Waals surface area contributed by atoms with E-state index in [2.05, 4.69) is 0 Å². The first-order valence-corrected chi connectivity index (χ1v) is 2.61. The Morgan fingerprint density at radius 1 is 1.75 bits per heavy atom. The lowest BCUT2D eigenvalue weighted by atomic mass is 10.3. The second-order valence-electron chi connectivity index (χ2n) is 1.40. The first-order valence-electron chi connectivity index (χ1n) is 2.61. The highest BCUT2D eigenvalue weighted by molar-refractivity contribution is 5.89. The number of aliphatic hydroxyl groups is 1. The van der Waals surface area contributed by atoms with Gasteiger partial charge in [0.05, 0.1) is 6.61 Å². The number of rotatable bonds is 3. The first-order chi connectivity index (χ1) is 3.81. The summed E-state index contributed by atoms with van der Waals surface area (Å²) in [6, 6.07) is 0. The molecule has 0 rings (SSSR count). The molecule has 0 unspecified atom stereocenters. The summed E-state index contributed by atoms with van der Waals surface area (Å²) < 4.78 is 0. The molecule has 0 heterocycles. The Morgan fingerprint density at radius 2 is 2.38 bits per heavy atom. The maximum atomic E-state index is 10.4. The molecule has 0 atom stereocenters. The van der Waals surface area contributed by atoms with Gasteiger partial charge in [-0.15, -0.1) is 0 Å². The SMILES string of the molecule is CCC(=O)/C=C\CO. The van der Waals surface area contributed by atoms with Crippen molar-refractivity contribution in [1.29, 1.82) is 0 Å². The van der Waals surface area contributed by atoms with Gasteiger partial charge in [0, 0.05) is 6.42 Å². The molecule has 0 aromatic heterocycles. The van der Waals surface area contributed by atoms with Gasteiger partial charge in [-0.25, -0.2) is 0 Å². The van der Waals surface area contributed by atoms with Crippen molar-refractivity contribution in [3.05, 3.63) is 12.2 Å². The van der Waals surface area contributed by atoms with E-state index < -0.39 is 0 Å². The Labute approximate surface area is 48.8 Å². The fourth-order valence-corrected chi connectivity index (χ4v) is 0.302. The van der Waals surface area contributed by atoms with Crippen molar-refractivity contribution in [1.82, 2.24) is 0 Å². The molecule has 1 N–H and O–H groups in total. The van der Waals surface area contributed by atoms with E-state index in [1.165, 1.54) is 12.2 Å². The third-order valence-corrected chi connectivity index (χ3v) is 0.758. The van der Waals surface area contributed by atoms with E-state index in [4.69, 9.17) is 5.11 Å². The molecule has 0 aliphatic carbocycles. The molecule has 0 aliphatic rings. The molecule has 0 aliphatic heterocycles. The zero-order valence-corrected chi connectivity index (χ0v) is 4.92. The van der Waals surface area contributed by atoms with Gasteiger partial charge in [0.25, 0.3) is 0 Å². The lowest BCUT2D eigenvalue weighted by Gasteiger charge is -1.80. The van der Waals surface area contributed by atoms with Crippen molar-refractivity contribution in [2.75, 3.05) is 6.61 Å².